The fourth-order valence-corrected chi connectivity index (χ4v) is 4.72. The zero-order chi connectivity index (χ0) is 14.9. The first-order valence-corrected chi connectivity index (χ1v) is 8.30. The van der Waals surface area contributed by atoms with Gasteiger partial charge in [0.25, 0.3) is 0 Å². The lowest BCUT2D eigenvalue weighted by Gasteiger charge is -2.39. The van der Waals surface area contributed by atoms with Crippen LogP contribution in [0, 0.1) is 23.2 Å². The molecule has 2 fully saturated rings. The molecule has 0 bridgehead atoms. The van der Waals surface area contributed by atoms with Crippen LogP contribution in [-0.4, -0.2) is 29.9 Å². The third-order valence-corrected chi connectivity index (χ3v) is 5.26. The fraction of sp³-hybridized carbons (Fsp3) is 0.941. The molecule has 3 nitrogen and oxygen atoms in total. The van der Waals surface area contributed by atoms with E-state index >= 15 is 0 Å². The van der Waals surface area contributed by atoms with Crippen LogP contribution in [0.5, 0.6) is 0 Å². The van der Waals surface area contributed by atoms with Crippen LogP contribution in [0.4, 0.5) is 0 Å². The van der Waals surface area contributed by atoms with Crippen molar-refractivity contribution in [1.82, 2.24) is 4.90 Å². The predicted octanol–water partition coefficient (Wildman–Crippen LogP) is 3.46. The molecule has 2 rings (SSSR count). The molecule has 0 aromatic rings. The maximum Gasteiger partial charge on any atom is 0.223 e. The SMILES string of the molecule is CC1CC(CC(=O)N2CC(CN)CC2C)CC(C)(C)C1.Cl. The molecule has 4 heteroatoms. The summed E-state index contributed by atoms with van der Waals surface area (Å²) in [6.07, 6.45) is 5.54. The van der Waals surface area contributed by atoms with Gasteiger partial charge in [0.05, 0.1) is 0 Å². The lowest BCUT2D eigenvalue weighted by Crippen LogP contribution is -2.37. The van der Waals surface area contributed by atoms with Gasteiger partial charge in [-0.15, -0.1) is 12.4 Å². The number of carbonyl (C=O) groups is 1. The Morgan fingerprint density at radius 2 is 1.86 bits per heavy atom. The van der Waals surface area contributed by atoms with E-state index in [0.717, 1.165) is 25.3 Å². The van der Waals surface area contributed by atoms with E-state index in [9.17, 15) is 4.79 Å². The third-order valence-electron chi connectivity index (χ3n) is 5.26. The number of carbonyl (C=O) groups excluding carboxylic acids is 1. The second-order valence-corrected chi connectivity index (χ2v) is 8.22. The highest BCUT2D eigenvalue weighted by Gasteiger charge is 2.36. The second kappa shape index (κ2) is 7.32. The van der Waals surface area contributed by atoms with Crippen molar-refractivity contribution in [1.29, 1.82) is 0 Å². The maximum absolute atomic E-state index is 12.6. The molecule has 0 aromatic heterocycles. The van der Waals surface area contributed by atoms with Gasteiger partial charge in [-0.05, 0) is 62.3 Å². The Hall–Kier alpha value is -0.280. The van der Waals surface area contributed by atoms with Gasteiger partial charge in [-0.1, -0.05) is 20.8 Å². The van der Waals surface area contributed by atoms with Crippen LogP contribution in [0.2, 0.25) is 0 Å². The number of rotatable bonds is 3. The average molecular weight is 317 g/mol. The maximum atomic E-state index is 12.6. The van der Waals surface area contributed by atoms with Crippen molar-refractivity contribution in [2.45, 2.75) is 65.8 Å². The fourth-order valence-electron chi connectivity index (χ4n) is 4.72. The van der Waals surface area contributed by atoms with Gasteiger partial charge in [0, 0.05) is 19.0 Å². The van der Waals surface area contributed by atoms with E-state index in [2.05, 4.69) is 32.6 Å². The summed E-state index contributed by atoms with van der Waals surface area (Å²) < 4.78 is 0. The van der Waals surface area contributed by atoms with Crippen LogP contribution in [0.1, 0.15) is 59.8 Å². The lowest BCUT2D eigenvalue weighted by molar-refractivity contribution is -0.133. The summed E-state index contributed by atoms with van der Waals surface area (Å²) in [5.41, 5.74) is 6.16. The van der Waals surface area contributed by atoms with E-state index in [0.29, 0.717) is 35.7 Å². The summed E-state index contributed by atoms with van der Waals surface area (Å²) in [6.45, 7) is 10.8. The van der Waals surface area contributed by atoms with E-state index < -0.39 is 0 Å². The molecule has 2 aliphatic rings. The Labute approximate surface area is 136 Å². The minimum atomic E-state index is 0. The molecule has 0 radical (unpaired) electrons. The highest BCUT2D eigenvalue weighted by atomic mass is 35.5. The van der Waals surface area contributed by atoms with Gasteiger partial charge in [-0.3, -0.25) is 4.79 Å². The van der Waals surface area contributed by atoms with Crippen molar-refractivity contribution in [3.8, 4) is 0 Å². The smallest absolute Gasteiger partial charge is 0.223 e. The molecule has 0 aromatic carbocycles. The van der Waals surface area contributed by atoms with Gasteiger partial charge in [0.2, 0.25) is 5.91 Å². The van der Waals surface area contributed by atoms with Crippen LogP contribution in [0.25, 0.3) is 0 Å². The van der Waals surface area contributed by atoms with E-state index in [1.165, 1.54) is 19.3 Å². The molecular formula is C17H33ClN2O. The Balaban J connectivity index is 0.00000220. The van der Waals surface area contributed by atoms with E-state index in [-0.39, 0.29) is 12.4 Å². The highest BCUT2D eigenvalue weighted by Crippen LogP contribution is 2.43. The Bertz CT molecular complexity index is 359. The molecule has 1 saturated carbocycles. The number of halogens is 1. The zero-order valence-electron chi connectivity index (χ0n) is 14.1. The zero-order valence-corrected chi connectivity index (χ0v) is 14.9. The van der Waals surface area contributed by atoms with Crippen molar-refractivity contribution < 1.29 is 4.79 Å². The number of hydrogen-bond acceptors (Lipinski definition) is 2. The van der Waals surface area contributed by atoms with E-state index in [4.69, 9.17) is 5.73 Å². The monoisotopic (exact) mass is 316 g/mol. The van der Waals surface area contributed by atoms with Gasteiger partial charge in [0.15, 0.2) is 0 Å². The number of likely N-dealkylation sites (tertiary alicyclic amines) is 1. The lowest BCUT2D eigenvalue weighted by atomic mass is 9.67. The Kier molecular flexibility index (Phi) is 6.54. The van der Waals surface area contributed by atoms with Gasteiger partial charge in [0.1, 0.15) is 0 Å². The summed E-state index contributed by atoms with van der Waals surface area (Å²) >= 11 is 0. The quantitative estimate of drug-likeness (QED) is 0.866. The molecule has 4 unspecified atom stereocenters. The topological polar surface area (TPSA) is 46.3 Å². The summed E-state index contributed by atoms with van der Waals surface area (Å²) in [4.78, 5) is 14.7. The average Bonchev–Trinajstić information content (AvgIpc) is 2.67. The van der Waals surface area contributed by atoms with Crippen LogP contribution >= 0.6 is 12.4 Å². The molecule has 1 saturated heterocycles. The van der Waals surface area contributed by atoms with Crippen molar-refractivity contribution in [3.63, 3.8) is 0 Å². The number of nitrogens with zero attached hydrogens (tertiary/aromatic N) is 1. The standard InChI is InChI=1S/C17H32N2O.ClH/c1-12-5-14(9-17(3,4)8-12)7-16(20)19-11-15(10-18)6-13(19)2;/h12-15H,5-11,18H2,1-4H3;1H. The molecule has 1 aliphatic heterocycles. The molecule has 1 amide bonds. The molecule has 124 valence electrons. The minimum Gasteiger partial charge on any atom is -0.340 e. The third kappa shape index (κ3) is 4.85. The van der Waals surface area contributed by atoms with Crippen LogP contribution in [-0.2, 0) is 4.79 Å². The van der Waals surface area contributed by atoms with Crippen LogP contribution in [0.15, 0.2) is 0 Å². The number of hydrogen-bond donors (Lipinski definition) is 1. The van der Waals surface area contributed by atoms with Crippen molar-refractivity contribution >= 4 is 18.3 Å². The molecule has 21 heavy (non-hydrogen) atoms. The Morgan fingerprint density at radius 3 is 2.38 bits per heavy atom. The van der Waals surface area contributed by atoms with Crippen LogP contribution in [0.3, 0.4) is 0 Å². The van der Waals surface area contributed by atoms with Gasteiger partial charge in [-0.2, -0.15) is 0 Å². The first kappa shape index (κ1) is 18.8. The molecule has 4 atom stereocenters. The summed E-state index contributed by atoms with van der Waals surface area (Å²) in [5.74, 6) is 2.20. The van der Waals surface area contributed by atoms with E-state index in [1.807, 2.05) is 0 Å². The number of amides is 1. The predicted molar refractivity (Wildman–Crippen MR) is 90.5 cm³/mol. The minimum absolute atomic E-state index is 0. The highest BCUT2D eigenvalue weighted by molar-refractivity contribution is 5.85. The van der Waals surface area contributed by atoms with Gasteiger partial charge >= 0.3 is 0 Å². The largest absolute Gasteiger partial charge is 0.340 e. The second-order valence-electron chi connectivity index (χ2n) is 8.22. The summed E-state index contributed by atoms with van der Waals surface area (Å²) in [7, 11) is 0. The van der Waals surface area contributed by atoms with E-state index in [1.54, 1.807) is 0 Å². The van der Waals surface area contributed by atoms with Crippen molar-refractivity contribution in [2.24, 2.45) is 28.9 Å². The van der Waals surface area contributed by atoms with Gasteiger partial charge in [-0.25, -0.2) is 0 Å². The van der Waals surface area contributed by atoms with Crippen LogP contribution < -0.4 is 5.73 Å². The molecule has 0 spiro atoms. The molecule has 1 heterocycles. The van der Waals surface area contributed by atoms with Crippen molar-refractivity contribution in [3.05, 3.63) is 0 Å². The Morgan fingerprint density at radius 1 is 1.19 bits per heavy atom. The molecule has 2 N–H and O–H groups in total. The summed E-state index contributed by atoms with van der Waals surface area (Å²) in [6, 6.07) is 0.380. The molecular weight excluding hydrogens is 284 g/mol. The first-order chi connectivity index (χ1) is 9.30. The first-order valence-electron chi connectivity index (χ1n) is 8.30. The van der Waals surface area contributed by atoms with Crippen molar-refractivity contribution in [2.75, 3.05) is 13.1 Å². The normalized spacial score (nSPS) is 35.4. The summed E-state index contributed by atoms with van der Waals surface area (Å²) in [5, 5.41) is 0. The van der Waals surface area contributed by atoms with Gasteiger partial charge < -0.3 is 10.6 Å². The number of nitrogens with two attached hydrogens (primary N) is 1. The molecule has 1 aliphatic carbocycles.